The van der Waals surface area contributed by atoms with Crippen LogP contribution in [-0.4, -0.2) is 39.6 Å². The maximum absolute atomic E-state index is 11.0. The van der Waals surface area contributed by atoms with Crippen LogP contribution in [0.15, 0.2) is 42.5 Å². The first-order valence-corrected chi connectivity index (χ1v) is 14.2. The summed E-state index contributed by atoms with van der Waals surface area (Å²) in [6, 6.07) is 12.9. The zero-order chi connectivity index (χ0) is 28.3. The molecule has 3 N–H and O–H groups in total. The molecule has 0 bridgehead atoms. The van der Waals surface area contributed by atoms with E-state index < -0.39 is 17.7 Å². The predicted molar refractivity (Wildman–Crippen MR) is 156 cm³/mol. The molecule has 0 fully saturated rings. The van der Waals surface area contributed by atoms with E-state index in [2.05, 4.69) is 71.0 Å². The van der Waals surface area contributed by atoms with Crippen LogP contribution in [-0.2, 0) is 10.2 Å². The normalized spacial score (nSPS) is 13.2. The van der Waals surface area contributed by atoms with E-state index in [4.69, 9.17) is 9.84 Å². The summed E-state index contributed by atoms with van der Waals surface area (Å²) in [4.78, 5) is 10.7. The number of hydrogen-bond donors (Lipinski definition) is 3. The Labute approximate surface area is 229 Å². The van der Waals surface area contributed by atoms with Crippen molar-refractivity contribution < 1.29 is 24.9 Å². The lowest BCUT2D eigenvalue weighted by Gasteiger charge is -2.34. The molecule has 5 nitrogen and oxygen atoms in total. The third kappa shape index (κ3) is 8.18. The van der Waals surface area contributed by atoms with Gasteiger partial charge in [0.15, 0.2) is 0 Å². The van der Waals surface area contributed by atoms with Gasteiger partial charge in [0.05, 0.1) is 11.7 Å². The maximum Gasteiger partial charge on any atom is 0.303 e. The van der Waals surface area contributed by atoms with Crippen molar-refractivity contribution in [3.05, 3.63) is 70.3 Å². The Morgan fingerprint density at radius 2 is 1.53 bits per heavy atom. The molecule has 0 unspecified atom stereocenters. The van der Waals surface area contributed by atoms with Gasteiger partial charge in [-0.1, -0.05) is 83.0 Å². The molecular weight excluding hydrogens is 476 g/mol. The number of aryl methyl sites for hydroxylation is 2. The third-order valence-electron chi connectivity index (χ3n) is 7.82. The van der Waals surface area contributed by atoms with Crippen molar-refractivity contribution >= 4 is 12.0 Å². The Balaban J connectivity index is 2.30. The summed E-state index contributed by atoms with van der Waals surface area (Å²) >= 11 is 0. The van der Waals surface area contributed by atoms with Crippen LogP contribution in [0.5, 0.6) is 5.75 Å². The van der Waals surface area contributed by atoms with Gasteiger partial charge in [-0.25, -0.2) is 0 Å². The molecule has 0 saturated heterocycles. The molecule has 0 aromatic heterocycles. The van der Waals surface area contributed by atoms with Crippen LogP contribution in [0.4, 0.5) is 0 Å². The number of aliphatic hydroxyl groups is 2. The maximum atomic E-state index is 11.0. The number of ether oxygens (including phenoxy) is 1. The van der Waals surface area contributed by atoms with E-state index in [0.29, 0.717) is 5.75 Å². The van der Waals surface area contributed by atoms with Crippen LogP contribution < -0.4 is 4.74 Å². The standard InChI is InChI=1S/C33H48O5/c1-7-18-32(37,19-8-2)20-17-26-11-12-27(21-24(26)5)33(9-3,10-4)28-13-15-30(25(6)22-28)38-23-29(34)14-16-31(35)36/h11-13,15,17,20-22,29,34,37H,7-10,14,16,18-19,23H2,1-6H3,(H,35,36)/t29-/m0/s1. The Hall–Kier alpha value is -2.63. The smallest absolute Gasteiger partial charge is 0.303 e. The first kappa shape index (κ1) is 31.6. The fourth-order valence-electron chi connectivity index (χ4n) is 5.46. The molecular formula is C33H48O5. The largest absolute Gasteiger partial charge is 0.491 e. The number of hydrogen-bond acceptors (Lipinski definition) is 4. The van der Waals surface area contributed by atoms with E-state index in [-0.39, 0.29) is 24.9 Å². The molecule has 210 valence electrons. The summed E-state index contributed by atoms with van der Waals surface area (Å²) < 4.78 is 5.82. The van der Waals surface area contributed by atoms with Crippen molar-refractivity contribution in [1.29, 1.82) is 0 Å². The van der Waals surface area contributed by atoms with Gasteiger partial charge in [0.2, 0.25) is 0 Å². The van der Waals surface area contributed by atoms with Gasteiger partial charge in [0, 0.05) is 11.8 Å². The van der Waals surface area contributed by atoms with Crippen LogP contribution >= 0.6 is 0 Å². The highest BCUT2D eigenvalue weighted by molar-refractivity contribution is 5.66. The third-order valence-corrected chi connectivity index (χ3v) is 7.82. The zero-order valence-electron chi connectivity index (χ0n) is 24.2. The molecule has 2 rings (SSSR count). The summed E-state index contributed by atoms with van der Waals surface area (Å²) in [5.74, 6) is -0.221. The van der Waals surface area contributed by atoms with Gasteiger partial charge < -0.3 is 20.1 Å². The number of carboxylic acid groups (broad SMARTS) is 1. The van der Waals surface area contributed by atoms with Gasteiger partial charge in [-0.15, -0.1) is 0 Å². The van der Waals surface area contributed by atoms with Crippen molar-refractivity contribution in [3.8, 4) is 5.75 Å². The monoisotopic (exact) mass is 524 g/mol. The first-order valence-electron chi connectivity index (χ1n) is 14.2. The molecule has 5 heteroatoms. The van der Waals surface area contributed by atoms with Crippen LogP contribution in [0, 0.1) is 13.8 Å². The zero-order valence-corrected chi connectivity index (χ0v) is 24.2. The van der Waals surface area contributed by atoms with Gasteiger partial charge in [0.1, 0.15) is 12.4 Å². The second kappa shape index (κ2) is 14.5. The van der Waals surface area contributed by atoms with Gasteiger partial charge >= 0.3 is 5.97 Å². The van der Waals surface area contributed by atoms with Gasteiger partial charge in [0.25, 0.3) is 0 Å². The number of carbonyl (C=O) groups is 1. The van der Waals surface area contributed by atoms with Gasteiger partial charge in [-0.05, 0) is 79.8 Å². The average molecular weight is 525 g/mol. The van der Waals surface area contributed by atoms with E-state index in [0.717, 1.165) is 49.7 Å². The molecule has 2 aromatic rings. The fourth-order valence-corrected chi connectivity index (χ4v) is 5.46. The van der Waals surface area contributed by atoms with E-state index >= 15 is 0 Å². The minimum atomic E-state index is -0.922. The molecule has 0 saturated carbocycles. The van der Waals surface area contributed by atoms with Gasteiger partial charge in [-0.3, -0.25) is 4.79 Å². The topological polar surface area (TPSA) is 87.0 Å². The highest BCUT2D eigenvalue weighted by atomic mass is 16.5. The van der Waals surface area contributed by atoms with Crippen LogP contribution in [0.25, 0.3) is 6.08 Å². The number of aliphatic carboxylic acids is 1. The van der Waals surface area contributed by atoms with Crippen LogP contribution in [0.1, 0.15) is 107 Å². The molecule has 0 aliphatic heterocycles. The molecule has 1 atom stereocenters. The summed E-state index contributed by atoms with van der Waals surface area (Å²) in [6.45, 7) is 12.9. The van der Waals surface area contributed by atoms with Gasteiger partial charge in [-0.2, -0.15) is 0 Å². The number of rotatable bonds is 16. The Morgan fingerprint density at radius 1 is 0.947 bits per heavy atom. The summed E-state index contributed by atoms with van der Waals surface area (Å²) in [5.41, 5.74) is 4.89. The molecule has 0 aliphatic rings. The molecule has 0 aliphatic carbocycles. The van der Waals surface area contributed by atoms with Crippen molar-refractivity contribution in [2.45, 2.75) is 110 Å². The number of aliphatic hydroxyl groups excluding tert-OH is 1. The number of benzene rings is 2. The summed E-state index contributed by atoms with van der Waals surface area (Å²) in [7, 11) is 0. The van der Waals surface area contributed by atoms with Crippen molar-refractivity contribution in [1.82, 2.24) is 0 Å². The predicted octanol–water partition coefficient (Wildman–Crippen LogP) is 7.36. The second-order valence-corrected chi connectivity index (χ2v) is 10.7. The summed E-state index contributed by atoms with van der Waals surface area (Å²) in [6.07, 6.45) is 8.65. The SMILES string of the molecule is CCCC(O)(C=Cc1ccc(C(CC)(CC)c2ccc(OC[C@@H](O)CCC(=O)O)c(C)c2)cc1C)CCC. The van der Waals surface area contributed by atoms with Crippen LogP contribution in [0.2, 0.25) is 0 Å². The Bertz CT molecular complexity index is 1060. The molecule has 0 heterocycles. The van der Waals surface area contributed by atoms with E-state index in [1.165, 1.54) is 16.7 Å². The highest BCUT2D eigenvalue weighted by Crippen LogP contribution is 2.41. The fraction of sp³-hybridized carbons (Fsp3) is 0.545. The molecule has 0 amide bonds. The van der Waals surface area contributed by atoms with Crippen molar-refractivity contribution in [3.63, 3.8) is 0 Å². The molecule has 0 radical (unpaired) electrons. The Morgan fingerprint density at radius 3 is 2.03 bits per heavy atom. The molecule has 0 spiro atoms. The van der Waals surface area contributed by atoms with Crippen molar-refractivity contribution in [2.75, 3.05) is 6.61 Å². The van der Waals surface area contributed by atoms with Crippen molar-refractivity contribution in [2.24, 2.45) is 0 Å². The minimum absolute atomic E-state index is 0.0694. The quantitative estimate of drug-likeness (QED) is 0.214. The molecule has 38 heavy (non-hydrogen) atoms. The Kier molecular flexibility index (Phi) is 12.1. The lowest BCUT2D eigenvalue weighted by atomic mass is 9.70. The van der Waals surface area contributed by atoms with E-state index in [9.17, 15) is 15.0 Å². The molecule has 2 aromatic carbocycles. The lowest BCUT2D eigenvalue weighted by molar-refractivity contribution is -0.137. The summed E-state index contributed by atoms with van der Waals surface area (Å²) in [5, 5.41) is 29.8. The highest BCUT2D eigenvalue weighted by Gasteiger charge is 2.31. The second-order valence-electron chi connectivity index (χ2n) is 10.7. The first-order chi connectivity index (χ1) is 18.0. The van der Waals surface area contributed by atoms with Crippen LogP contribution in [0.3, 0.4) is 0 Å². The minimum Gasteiger partial charge on any atom is -0.491 e. The van der Waals surface area contributed by atoms with E-state index in [1.54, 1.807) is 0 Å². The average Bonchev–Trinajstić information content (AvgIpc) is 2.88. The van der Waals surface area contributed by atoms with E-state index in [1.807, 2.05) is 19.1 Å². The number of carboxylic acids is 1. The lowest BCUT2D eigenvalue weighted by Crippen LogP contribution is -2.26.